The van der Waals surface area contributed by atoms with E-state index in [0.717, 1.165) is 36.1 Å². The van der Waals surface area contributed by atoms with Crippen molar-refractivity contribution in [3.63, 3.8) is 0 Å². The van der Waals surface area contributed by atoms with E-state index in [2.05, 4.69) is 39.0 Å². The number of para-hydroxylation sites is 1. The van der Waals surface area contributed by atoms with Gasteiger partial charge in [-0.3, -0.25) is 4.79 Å². The third-order valence-corrected chi connectivity index (χ3v) is 5.63. The number of thioether (sulfide) groups is 1. The third kappa shape index (κ3) is 5.05. The molecule has 0 saturated heterocycles. The normalized spacial score (nSPS) is 11.3. The number of amides is 1. The smallest absolute Gasteiger partial charge is 0.256 e. The van der Waals surface area contributed by atoms with Gasteiger partial charge in [-0.15, -0.1) is 10.2 Å². The van der Waals surface area contributed by atoms with Crippen LogP contribution in [0.5, 0.6) is 0 Å². The van der Waals surface area contributed by atoms with Gasteiger partial charge in [0.05, 0.1) is 16.9 Å². The summed E-state index contributed by atoms with van der Waals surface area (Å²) in [6.07, 6.45) is 3.52. The first kappa shape index (κ1) is 22.4. The molecule has 0 saturated carbocycles. The molecule has 0 unspecified atom stereocenters. The largest absolute Gasteiger partial charge is 0.352 e. The molecule has 1 aromatic carbocycles. The summed E-state index contributed by atoms with van der Waals surface area (Å²) in [4.78, 5) is 12.7. The molecule has 3 rings (SSSR count). The molecule has 160 valence electrons. The van der Waals surface area contributed by atoms with Gasteiger partial charge in [0.25, 0.3) is 5.91 Å². The first-order valence-corrected chi connectivity index (χ1v) is 11.6. The first-order chi connectivity index (χ1) is 14.4. The van der Waals surface area contributed by atoms with Crippen LogP contribution in [0.4, 0.5) is 0 Å². The molecule has 2 aromatic heterocycles. The second kappa shape index (κ2) is 10.1. The highest BCUT2D eigenvalue weighted by Gasteiger charge is 2.21. The number of aryl methyl sites for hydroxylation is 2. The Bertz CT molecular complexity index is 999. The Balaban J connectivity index is 1.61. The fraction of sp³-hybridized carbons (Fsp3) is 0.429. The van der Waals surface area contributed by atoms with Crippen LogP contribution in [-0.4, -0.2) is 43.3 Å². The maximum absolute atomic E-state index is 12.7. The molecule has 3 aromatic rings. The van der Waals surface area contributed by atoms with Gasteiger partial charge in [-0.1, -0.05) is 55.4 Å². The van der Waals surface area contributed by atoms with E-state index in [1.165, 1.54) is 0 Å². The van der Waals surface area contributed by atoms with Crippen LogP contribution in [0.3, 0.4) is 0 Å². The summed E-state index contributed by atoms with van der Waals surface area (Å²) in [5.74, 6) is 1.25. The molecule has 0 bridgehead atoms. The van der Waals surface area contributed by atoms with Crippen LogP contribution >= 0.6 is 23.4 Å². The second-order valence-electron chi connectivity index (χ2n) is 7.47. The molecule has 0 aliphatic heterocycles. The van der Waals surface area contributed by atoms with Gasteiger partial charge < -0.3 is 9.88 Å². The van der Waals surface area contributed by atoms with E-state index in [0.29, 0.717) is 28.9 Å². The zero-order valence-electron chi connectivity index (χ0n) is 17.7. The van der Waals surface area contributed by atoms with Gasteiger partial charge in [-0.2, -0.15) is 5.10 Å². The number of carbonyl (C=O) groups is 1. The van der Waals surface area contributed by atoms with Gasteiger partial charge in [-0.25, -0.2) is 4.68 Å². The summed E-state index contributed by atoms with van der Waals surface area (Å²) >= 11 is 8.07. The number of rotatable bonds is 9. The Morgan fingerprint density at radius 3 is 2.63 bits per heavy atom. The minimum Gasteiger partial charge on any atom is -0.352 e. The van der Waals surface area contributed by atoms with Crippen molar-refractivity contribution in [3.8, 4) is 5.69 Å². The lowest BCUT2D eigenvalue weighted by atomic mass is 10.2. The maximum atomic E-state index is 12.7. The standard InChI is InChI=1S/C21H27ClN6OS/c1-14(2)13-27-17(24-25-21(27)30-4)11-8-12-23-20(29)18-15(3)26-28(19(18)22)16-9-6-5-7-10-16/h5-7,9-10,14H,8,11-13H2,1-4H3,(H,23,29). The average Bonchev–Trinajstić information content (AvgIpc) is 3.25. The van der Waals surface area contributed by atoms with Gasteiger partial charge in [0.15, 0.2) is 5.16 Å². The number of hydrogen-bond donors (Lipinski definition) is 1. The highest BCUT2D eigenvalue weighted by atomic mass is 35.5. The lowest BCUT2D eigenvalue weighted by Crippen LogP contribution is -2.25. The fourth-order valence-corrected chi connectivity index (χ4v) is 4.12. The predicted molar refractivity (Wildman–Crippen MR) is 121 cm³/mol. The summed E-state index contributed by atoms with van der Waals surface area (Å²) in [7, 11) is 0. The molecular formula is C21H27ClN6OS. The molecule has 7 nitrogen and oxygen atoms in total. The molecule has 0 fully saturated rings. The van der Waals surface area contributed by atoms with E-state index in [-0.39, 0.29) is 5.91 Å². The van der Waals surface area contributed by atoms with E-state index in [1.54, 1.807) is 23.4 Å². The number of nitrogens with zero attached hydrogens (tertiary/aromatic N) is 5. The lowest BCUT2D eigenvalue weighted by molar-refractivity contribution is 0.0952. The van der Waals surface area contributed by atoms with Gasteiger partial charge in [0.2, 0.25) is 0 Å². The van der Waals surface area contributed by atoms with E-state index < -0.39 is 0 Å². The van der Waals surface area contributed by atoms with Crippen molar-refractivity contribution in [2.75, 3.05) is 12.8 Å². The Kier molecular flexibility index (Phi) is 7.55. The molecule has 9 heteroatoms. The number of hydrogen-bond acceptors (Lipinski definition) is 5. The Labute approximate surface area is 186 Å². The topological polar surface area (TPSA) is 77.6 Å². The predicted octanol–water partition coefficient (Wildman–Crippen LogP) is 4.17. The van der Waals surface area contributed by atoms with E-state index in [9.17, 15) is 4.79 Å². The molecule has 0 spiro atoms. The van der Waals surface area contributed by atoms with Gasteiger partial charge in [0.1, 0.15) is 11.0 Å². The summed E-state index contributed by atoms with van der Waals surface area (Å²) in [5, 5.41) is 17.2. The second-order valence-corrected chi connectivity index (χ2v) is 8.60. The molecule has 0 aliphatic rings. The summed E-state index contributed by atoms with van der Waals surface area (Å²) in [6, 6.07) is 9.53. The van der Waals surface area contributed by atoms with E-state index in [1.807, 2.05) is 36.6 Å². The van der Waals surface area contributed by atoms with Crippen LogP contribution in [0.15, 0.2) is 35.5 Å². The van der Waals surface area contributed by atoms with Gasteiger partial charge >= 0.3 is 0 Å². The molecule has 1 N–H and O–H groups in total. The minimum atomic E-state index is -0.215. The number of nitrogens with one attached hydrogen (secondary N) is 1. The molecule has 30 heavy (non-hydrogen) atoms. The zero-order valence-corrected chi connectivity index (χ0v) is 19.3. The van der Waals surface area contributed by atoms with Crippen molar-refractivity contribution in [3.05, 3.63) is 52.6 Å². The van der Waals surface area contributed by atoms with Crippen molar-refractivity contribution in [1.29, 1.82) is 0 Å². The van der Waals surface area contributed by atoms with Crippen LogP contribution in [0.2, 0.25) is 5.15 Å². The summed E-state index contributed by atoms with van der Waals surface area (Å²) < 4.78 is 3.76. The van der Waals surface area contributed by atoms with Gasteiger partial charge in [-0.05, 0) is 37.7 Å². The van der Waals surface area contributed by atoms with Crippen LogP contribution in [0.25, 0.3) is 5.69 Å². The average molecular weight is 447 g/mol. The van der Waals surface area contributed by atoms with Crippen LogP contribution in [0, 0.1) is 12.8 Å². The van der Waals surface area contributed by atoms with Crippen molar-refractivity contribution in [2.24, 2.45) is 5.92 Å². The molecule has 1 amide bonds. The van der Waals surface area contributed by atoms with E-state index in [4.69, 9.17) is 11.6 Å². The van der Waals surface area contributed by atoms with Crippen molar-refractivity contribution >= 4 is 29.3 Å². The molecule has 0 atom stereocenters. The highest BCUT2D eigenvalue weighted by molar-refractivity contribution is 7.98. The minimum absolute atomic E-state index is 0.215. The molecular weight excluding hydrogens is 420 g/mol. The first-order valence-electron chi connectivity index (χ1n) is 9.97. The fourth-order valence-electron chi connectivity index (χ4n) is 3.24. The maximum Gasteiger partial charge on any atom is 0.256 e. The zero-order chi connectivity index (χ0) is 21.7. The third-order valence-electron chi connectivity index (χ3n) is 4.62. The van der Waals surface area contributed by atoms with Gasteiger partial charge in [0, 0.05) is 19.5 Å². The SMILES string of the molecule is CSc1nnc(CCCNC(=O)c2c(C)nn(-c3ccccc3)c2Cl)n1CC(C)C. The number of halogens is 1. The van der Waals surface area contributed by atoms with E-state index >= 15 is 0 Å². The number of benzene rings is 1. The Hall–Kier alpha value is -2.32. The molecule has 0 aliphatic carbocycles. The monoisotopic (exact) mass is 446 g/mol. The number of carbonyl (C=O) groups excluding carboxylic acids is 1. The van der Waals surface area contributed by atoms with Crippen LogP contribution in [0.1, 0.15) is 42.1 Å². The molecule has 2 heterocycles. The van der Waals surface area contributed by atoms with Crippen molar-refractivity contribution in [2.45, 2.75) is 45.3 Å². The van der Waals surface area contributed by atoms with Crippen LogP contribution < -0.4 is 5.32 Å². The van der Waals surface area contributed by atoms with Crippen molar-refractivity contribution < 1.29 is 4.79 Å². The summed E-state index contributed by atoms with van der Waals surface area (Å²) in [6.45, 7) is 7.55. The highest BCUT2D eigenvalue weighted by Crippen LogP contribution is 2.23. The summed E-state index contributed by atoms with van der Waals surface area (Å²) in [5.41, 5.74) is 1.83. The van der Waals surface area contributed by atoms with Crippen molar-refractivity contribution in [1.82, 2.24) is 29.9 Å². The quantitative estimate of drug-likeness (QED) is 0.394. The molecule has 0 radical (unpaired) electrons. The lowest BCUT2D eigenvalue weighted by Gasteiger charge is -2.11. The Morgan fingerprint density at radius 2 is 1.97 bits per heavy atom. The number of aromatic nitrogens is 5. The van der Waals surface area contributed by atoms with Crippen LogP contribution in [-0.2, 0) is 13.0 Å². The Morgan fingerprint density at radius 1 is 1.23 bits per heavy atom.